The molecular formula is C25H31FN4O3S. The Hall–Kier alpha value is -2.78. The predicted molar refractivity (Wildman–Crippen MR) is 131 cm³/mol. The van der Waals surface area contributed by atoms with Crippen LogP contribution in [0.3, 0.4) is 0 Å². The summed E-state index contributed by atoms with van der Waals surface area (Å²) in [4.78, 5) is 19.5. The van der Waals surface area contributed by atoms with Crippen LogP contribution in [0.2, 0.25) is 0 Å². The van der Waals surface area contributed by atoms with E-state index >= 15 is 0 Å². The molecule has 1 aromatic heterocycles. The average Bonchev–Trinajstić information content (AvgIpc) is 3.19. The summed E-state index contributed by atoms with van der Waals surface area (Å²) in [6, 6.07) is 9.95. The van der Waals surface area contributed by atoms with Crippen LogP contribution < -0.4 is 4.90 Å². The lowest BCUT2D eigenvalue weighted by atomic mass is 10.0. The molecule has 4 rings (SSSR count). The smallest absolute Gasteiger partial charge is 0.243 e. The molecule has 0 saturated heterocycles. The van der Waals surface area contributed by atoms with E-state index in [9.17, 15) is 17.6 Å². The van der Waals surface area contributed by atoms with Crippen molar-refractivity contribution in [2.45, 2.75) is 57.9 Å². The fourth-order valence-electron chi connectivity index (χ4n) is 4.78. The van der Waals surface area contributed by atoms with Gasteiger partial charge in [0, 0.05) is 39.0 Å². The number of carbonyl (C=O) groups excluding carboxylic acids is 1. The van der Waals surface area contributed by atoms with Gasteiger partial charge < -0.3 is 9.47 Å². The first kappa shape index (κ1) is 24.3. The summed E-state index contributed by atoms with van der Waals surface area (Å²) in [5, 5.41) is 0. The van der Waals surface area contributed by atoms with E-state index in [0.29, 0.717) is 49.6 Å². The number of amides is 1. The number of para-hydroxylation sites is 1. The summed E-state index contributed by atoms with van der Waals surface area (Å²) in [7, 11) is -3.59. The minimum absolute atomic E-state index is 0.134. The van der Waals surface area contributed by atoms with Crippen molar-refractivity contribution in [1.82, 2.24) is 13.9 Å². The van der Waals surface area contributed by atoms with Crippen molar-refractivity contribution in [3.8, 4) is 0 Å². The lowest BCUT2D eigenvalue weighted by Gasteiger charge is -2.29. The monoisotopic (exact) mass is 486 g/mol. The van der Waals surface area contributed by atoms with Crippen molar-refractivity contribution in [2.24, 2.45) is 0 Å². The fourth-order valence-corrected chi connectivity index (χ4v) is 6.26. The Morgan fingerprint density at radius 1 is 1.15 bits per heavy atom. The number of benzene rings is 2. The summed E-state index contributed by atoms with van der Waals surface area (Å²) in [6.45, 7) is 7.55. The number of rotatable bonds is 8. The van der Waals surface area contributed by atoms with Crippen LogP contribution in [0, 0.1) is 5.82 Å². The molecule has 182 valence electrons. The Kier molecular flexibility index (Phi) is 7.04. The standard InChI is InChI=1S/C25H31FN4O3S/c1-4-28(5-2)34(32,33)19-12-13-22-21(17-19)27-23(29(22)6-3)14-15-24(31)30-16-8-10-18-9-7-11-20(26)25(18)30/h7,9,11-13,17H,4-6,8,10,14-16H2,1-3H3. The molecule has 0 unspecified atom stereocenters. The van der Waals surface area contributed by atoms with Crippen LogP contribution in [0.4, 0.5) is 10.1 Å². The van der Waals surface area contributed by atoms with Gasteiger partial charge in [-0.3, -0.25) is 4.79 Å². The zero-order valence-electron chi connectivity index (χ0n) is 19.9. The van der Waals surface area contributed by atoms with Gasteiger partial charge in [-0.05, 0) is 49.6 Å². The number of aryl methyl sites for hydroxylation is 3. The van der Waals surface area contributed by atoms with Crippen LogP contribution in [-0.2, 0) is 34.2 Å². The Bertz CT molecular complexity index is 1320. The van der Waals surface area contributed by atoms with E-state index in [1.54, 1.807) is 29.2 Å². The third-order valence-corrected chi connectivity index (χ3v) is 8.54. The van der Waals surface area contributed by atoms with E-state index in [1.165, 1.54) is 10.4 Å². The quantitative estimate of drug-likeness (QED) is 0.480. The van der Waals surface area contributed by atoms with E-state index < -0.39 is 10.0 Å². The molecule has 3 aromatic rings. The van der Waals surface area contributed by atoms with Crippen LogP contribution >= 0.6 is 0 Å². The number of fused-ring (bicyclic) bond motifs is 2. The molecule has 0 N–H and O–H groups in total. The summed E-state index contributed by atoms with van der Waals surface area (Å²) >= 11 is 0. The second-order valence-corrected chi connectivity index (χ2v) is 10.3. The van der Waals surface area contributed by atoms with Gasteiger partial charge in [-0.1, -0.05) is 26.0 Å². The summed E-state index contributed by atoms with van der Waals surface area (Å²) < 4.78 is 43.8. The van der Waals surface area contributed by atoms with Crippen LogP contribution in [0.5, 0.6) is 0 Å². The third kappa shape index (κ3) is 4.34. The highest BCUT2D eigenvalue weighted by atomic mass is 32.2. The number of imidazole rings is 1. The second kappa shape index (κ2) is 9.84. The summed E-state index contributed by atoms with van der Waals surface area (Å²) in [6.07, 6.45) is 2.15. The number of anilines is 1. The van der Waals surface area contributed by atoms with E-state index in [-0.39, 0.29) is 23.0 Å². The van der Waals surface area contributed by atoms with Crippen molar-refractivity contribution in [2.75, 3.05) is 24.5 Å². The second-order valence-electron chi connectivity index (χ2n) is 8.41. The van der Waals surface area contributed by atoms with Gasteiger partial charge >= 0.3 is 0 Å². The number of aromatic nitrogens is 2. The SMILES string of the molecule is CCN(CC)S(=O)(=O)c1ccc2c(c1)nc(CCC(=O)N1CCCc3cccc(F)c31)n2CC. The van der Waals surface area contributed by atoms with Gasteiger partial charge in [0.05, 0.1) is 21.6 Å². The van der Waals surface area contributed by atoms with Gasteiger partial charge in [-0.2, -0.15) is 4.31 Å². The first-order chi connectivity index (χ1) is 16.3. The van der Waals surface area contributed by atoms with Crippen LogP contribution in [0.25, 0.3) is 11.0 Å². The topological polar surface area (TPSA) is 75.5 Å². The Morgan fingerprint density at radius 3 is 2.62 bits per heavy atom. The molecule has 0 aliphatic carbocycles. The van der Waals surface area contributed by atoms with Crippen LogP contribution in [0.1, 0.15) is 45.0 Å². The first-order valence-electron chi connectivity index (χ1n) is 11.9. The molecule has 0 saturated carbocycles. The van der Waals surface area contributed by atoms with E-state index in [0.717, 1.165) is 23.9 Å². The van der Waals surface area contributed by atoms with Crippen molar-refractivity contribution in [3.63, 3.8) is 0 Å². The van der Waals surface area contributed by atoms with E-state index in [4.69, 9.17) is 0 Å². The maximum absolute atomic E-state index is 14.5. The average molecular weight is 487 g/mol. The number of carbonyl (C=O) groups is 1. The highest BCUT2D eigenvalue weighted by Crippen LogP contribution is 2.31. The number of hydrogen-bond acceptors (Lipinski definition) is 4. The van der Waals surface area contributed by atoms with Gasteiger partial charge in [-0.15, -0.1) is 0 Å². The molecule has 1 amide bonds. The molecule has 0 spiro atoms. The number of halogens is 1. The molecular weight excluding hydrogens is 455 g/mol. The highest BCUT2D eigenvalue weighted by Gasteiger charge is 2.26. The molecule has 1 aliphatic heterocycles. The Balaban J connectivity index is 1.59. The normalized spacial score (nSPS) is 14.1. The van der Waals surface area contributed by atoms with Gasteiger partial charge in [0.25, 0.3) is 0 Å². The molecule has 2 heterocycles. The molecule has 9 heteroatoms. The lowest BCUT2D eigenvalue weighted by molar-refractivity contribution is -0.118. The van der Waals surface area contributed by atoms with Crippen molar-refractivity contribution >= 4 is 32.7 Å². The molecule has 1 aliphatic rings. The largest absolute Gasteiger partial charge is 0.328 e. The van der Waals surface area contributed by atoms with Gasteiger partial charge in [0.1, 0.15) is 11.6 Å². The minimum Gasteiger partial charge on any atom is -0.328 e. The van der Waals surface area contributed by atoms with Crippen molar-refractivity contribution < 1.29 is 17.6 Å². The maximum Gasteiger partial charge on any atom is 0.243 e. The molecule has 7 nitrogen and oxygen atoms in total. The molecule has 0 bridgehead atoms. The molecule has 34 heavy (non-hydrogen) atoms. The molecule has 2 aromatic carbocycles. The number of nitrogens with zero attached hydrogens (tertiary/aromatic N) is 4. The van der Waals surface area contributed by atoms with E-state index in [2.05, 4.69) is 4.98 Å². The third-order valence-electron chi connectivity index (χ3n) is 6.49. The van der Waals surface area contributed by atoms with Crippen molar-refractivity contribution in [3.05, 3.63) is 53.6 Å². The lowest BCUT2D eigenvalue weighted by Crippen LogP contribution is -2.36. The van der Waals surface area contributed by atoms with Crippen molar-refractivity contribution in [1.29, 1.82) is 0 Å². The van der Waals surface area contributed by atoms with Crippen LogP contribution in [0.15, 0.2) is 41.3 Å². The minimum atomic E-state index is -3.59. The maximum atomic E-state index is 14.5. The molecule has 0 fully saturated rings. The zero-order chi connectivity index (χ0) is 24.5. The predicted octanol–water partition coefficient (Wildman–Crippen LogP) is 4.14. The fraction of sp³-hybridized carbons (Fsp3) is 0.440. The van der Waals surface area contributed by atoms with Crippen LogP contribution in [-0.4, -0.2) is 47.8 Å². The molecule has 0 radical (unpaired) electrons. The van der Waals surface area contributed by atoms with Gasteiger partial charge in [-0.25, -0.2) is 17.8 Å². The van der Waals surface area contributed by atoms with Gasteiger partial charge in [0.15, 0.2) is 0 Å². The van der Waals surface area contributed by atoms with Gasteiger partial charge in [0.2, 0.25) is 15.9 Å². The number of sulfonamides is 1. The molecule has 0 atom stereocenters. The van der Waals surface area contributed by atoms with E-state index in [1.807, 2.05) is 31.4 Å². The Labute approximate surface area is 200 Å². The Morgan fingerprint density at radius 2 is 1.91 bits per heavy atom. The summed E-state index contributed by atoms with van der Waals surface area (Å²) in [5.74, 6) is 0.216. The first-order valence-corrected chi connectivity index (χ1v) is 13.3. The zero-order valence-corrected chi connectivity index (χ0v) is 20.7. The summed E-state index contributed by atoms with van der Waals surface area (Å²) in [5.41, 5.74) is 2.68. The number of hydrogen-bond donors (Lipinski definition) is 0. The highest BCUT2D eigenvalue weighted by molar-refractivity contribution is 7.89.